The van der Waals surface area contributed by atoms with Crippen molar-refractivity contribution in [3.05, 3.63) is 65.1 Å². The van der Waals surface area contributed by atoms with Gasteiger partial charge in [-0.2, -0.15) is 0 Å². The molecular formula is C16H11BrO. The van der Waals surface area contributed by atoms with Gasteiger partial charge in [0.05, 0.1) is 0 Å². The summed E-state index contributed by atoms with van der Waals surface area (Å²) in [7, 11) is 0. The lowest BCUT2D eigenvalue weighted by Crippen LogP contribution is -1.81. The van der Waals surface area contributed by atoms with Crippen molar-refractivity contribution in [2.24, 2.45) is 0 Å². The molecule has 0 atom stereocenters. The van der Waals surface area contributed by atoms with Gasteiger partial charge in [0, 0.05) is 15.4 Å². The van der Waals surface area contributed by atoms with E-state index in [2.05, 4.69) is 15.9 Å². The van der Waals surface area contributed by atoms with E-state index < -0.39 is 0 Å². The predicted molar refractivity (Wildman–Crippen MR) is 78.7 cm³/mol. The minimum Gasteiger partial charge on any atom is -0.507 e. The Morgan fingerprint density at radius 2 is 1.61 bits per heavy atom. The zero-order valence-electron chi connectivity index (χ0n) is 9.60. The molecule has 0 bridgehead atoms. The Labute approximate surface area is 114 Å². The Kier molecular flexibility index (Phi) is 2.80. The molecule has 0 fully saturated rings. The second kappa shape index (κ2) is 4.46. The van der Waals surface area contributed by atoms with Crippen molar-refractivity contribution in [3.63, 3.8) is 0 Å². The van der Waals surface area contributed by atoms with Crippen molar-refractivity contribution in [2.75, 3.05) is 0 Å². The van der Waals surface area contributed by atoms with E-state index in [4.69, 9.17) is 0 Å². The molecule has 2 heteroatoms. The maximum atomic E-state index is 10.4. The molecule has 0 aromatic heterocycles. The quantitative estimate of drug-likeness (QED) is 0.672. The van der Waals surface area contributed by atoms with E-state index in [9.17, 15) is 5.11 Å². The molecule has 3 aromatic rings. The van der Waals surface area contributed by atoms with Gasteiger partial charge in [0.15, 0.2) is 0 Å². The van der Waals surface area contributed by atoms with Crippen molar-refractivity contribution in [3.8, 4) is 16.9 Å². The summed E-state index contributed by atoms with van der Waals surface area (Å²) in [5, 5.41) is 12.3. The molecule has 3 aromatic carbocycles. The zero-order chi connectivity index (χ0) is 12.5. The highest BCUT2D eigenvalue weighted by Crippen LogP contribution is 2.36. The molecule has 0 aliphatic heterocycles. The fourth-order valence-corrected chi connectivity index (χ4v) is 2.51. The topological polar surface area (TPSA) is 20.2 Å². The highest BCUT2D eigenvalue weighted by molar-refractivity contribution is 9.10. The monoisotopic (exact) mass is 298 g/mol. The van der Waals surface area contributed by atoms with Crippen molar-refractivity contribution in [1.29, 1.82) is 0 Å². The summed E-state index contributed by atoms with van der Waals surface area (Å²) in [6.07, 6.45) is 0. The third-order valence-electron chi connectivity index (χ3n) is 3.04. The second-order valence-electron chi connectivity index (χ2n) is 4.19. The van der Waals surface area contributed by atoms with Crippen LogP contribution in [0.25, 0.3) is 21.9 Å². The van der Waals surface area contributed by atoms with Crippen molar-refractivity contribution in [1.82, 2.24) is 0 Å². The van der Waals surface area contributed by atoms with Crippen LogP contribution in [0.5, 0.6) is 5.75 Å². The van der Waals surface area contributed by atoms with Crippen LogP contribution in [0.3, 0.4) is 0 Å². The summed E-state index contributed by atoms with van der Waals surface area (Å²) in [6, 6.07) is 19.8. The third-order valence-corrected chi connectivity index (χ3v) is 3.53. The van der Waals surface area contributed by atoms with E-state index in [1.807, 2.05) is 60.7 Å². The van der Waals surface area contributed by atoms with Crippen LogP contribution < -0.4 is 0 Å². The van der Waals surface area contributed by atoms with Gasteiger partial charge in [0.1, 0.15) is 5.75 Å². The van der Waals surface area contributed by atoms with Crippen molar-refractivity contribution in [2.45, 2.75) is 0 Å². The fraction of sp³-hybridized carbons (Fsp3) is 0. The van der Waals surface area contributed by atoms with E-state index in [0.717, 1.165) is 26.4 Å². The number of rotatable bonds is 1. The summed E-state index contributed by atoms with van der Waals surface area (Å²) >= 11 is 3.44. The Morgan fingerprint density at radius 1 is 0.833 bits per heavy atom. The molecule has 0 amide bonds. The maximum Gasteiger partial charge on any atom is 0.131 e. The Bertz CT molecular complexity index is 705. The normalized spacial score (nSPS) is 10.7. The van der Waals surface area contributed by atoms with Crippen LogP contribution in [-0.4, -0.2) is 5.11 Å². The molecular weight excluding hydrogens is 288 g/mol. The van der Waals surface area contributed by atoms with Crippen LogP contribution >= 0.6 is 15.9 Å². The van der Waals surface area contributed by atoms with Crippen LogP contribution in [0.4, 0.5) is 0 Å². The number of halogens is 1. The largest absolute Gasteiger partial charge is 0.507 e. The van der Waals surface area contributed by atoms with Gasteiger partial charge in [0.2, 0.25) is 0 Å². The number of benzene rings is 3. The molecule has 0 radical (unpaired) electrons. The van der Waals surface area contributed by atoms with Gasteiger partial charge < -0.3 is 5.11 Å². The highest BCUT2D eigenvalue weighted by Gasteiger charge is 2.08. The Hall–Kier alpha value is -1.80. The van der Waals surface area contributed by atoms with Gasteiger partial charge >= 0.3 is 0 Å². The maximum absolute atomic E-state index is 10.4. The SMILES string of the molecule is Oc1c(-c2ccccc2)ccc2cc(Br)ccc12. The Balaban J connectivity index is 2.27. The predicted octanol–water partition coefficient (Wildman–Crippen LogP) is 4.97. The van der Waals surface area contributed by atoms with Crippen LogP contribution in [0.15, 0.2) is 65.1 Å². The molecule has 0 saturated carbocycles. The number of phenols is 1. The lowest BCUT2D eigenvalue weighted by Gasteiger charge is -2.08. The molecule has 1 N–H and O–H groups in total. The first kappa shape index (κ1) is 11.3. The molecule has 0 spiro atoms. The summed E-state index contributed by atoms with van der Waals surface area (Å²) in [6.45, 7) is 0. The van der Waals surface area contributed by atoms with Gasteiger partial charge in [-0.15, -0.1) is 0 Å². The molecule has 0 heterocycles. The number of fused-ring (bicyclic) bond motifs is 1. The number of hydrogen-bond acceptors (Lipinski definition) is 1. The Morgan fingerprint density at radius 3 is 2.39 bits per heavy atom. The first-order valence-corrected chi connectivity index (χ1v) is 6.51. The number of aromatic hydroxyl groups is 1. The molecule has 0 saturated heterocycles. The lowest BCUT2D eigenvalue weighted by molar-refractivity contribution is 0.483. The van der Waals surface area contributed by atoms with Gasteiger partial charge in [-0.1, -0.05) is 58.4 Å². The molecule has 88 valence electrons. The molecule has 0 aliphatic carbocycles. The molecule has 18 heavy (non-hydrogen) atoms. The van der Waals surface area contributed by atoms with E-state index in [1.54, 1.807) is 0 Å². The summed E-state index contributed by atoms with van der Waals surface area (Å²) < 4.78 is 1.02. The van der Waals surface area contributed by atoms with Crippen LogP contribution in [0, 0.1) is 0 Å². The van der Waals surface area contributed by atoms with Gasteiger partial charge in [-0.3, -0.25) is 0 Å². The number of hydrogen-bond donors (Lipinski definition) is 1. The molecule has 0 unspecified atom stereocenters. The van der Waals surface area contributed by atoms with Crippen molar-refractivity contribution >= 4 is 26.7 Å². The summed E-state index contributed by atoms with van der Waals surface area (Å²) in [4.78, 5) is 0. The fourth-order valence-electron chi connectivity index (χ4n) is 2.13. The second-order valence-corrected chi connectivity index (χ2v) is 5.11. The molecule has 0 aliphatic rings. The first-order chi connectivity index (χ1) is 8.75. The van der Waals surface area contributed by atoms with Crippen LogP contribution in [-0.2, 0) is 0 Å². The lowest BCUT2D eigenvalue weighted by atomic mass is 10.00. The smallest absolute Gasteiger partial charge is 0.131 e. The summed E-state index contributed by atoms with van der Waals surface area (Å²) in [5.74, 6) is 0.339. The molecule has 3 rings (SSSR count). The zero-order valence-corrected chi connectivity index (χ0v) is 11.2. The van der Waals surface area contributed by atoms with E-state index >= 15 is 0 Å². The minimum atomic E-state index is 0.339. The minimum absolute atomic E-state index is 0.339. The average Bonchev–Trinajstić information content (AvgIpc) is 2.40. The summed E-state index contributed by atoms with van der Waals surface area (Å²) in [5.41, 5.74) is 1.89. The van der Waals surface area contributed by atoms with Gasteiger partial charge in [-0.05, 0) is 29.1 Å². The van der Waals surface area contributed by atoms with E-state index in [1.165, 1.54) is 0 Å². The van der Waals surface area contributed by atoms with Crippen molar-refractivity contribution < 1.29 is 5.11 Å². The standard InChI is InChI=1S/C16H11BrO/c17-13-7-9-15-12(10-13)6-8-14(16(15)18)11-4-2-1-3-5-11/h1-10,18H. The average molecular weight is 299 g/mol. The first-order valence-electron chi connectivity index (χ1n) is 5.72. The van der Waals surface area contributed by atoms with E-state index in [0.29, 0.717) is 5.75 Å². The van der Waals surface area contributed by atoms with Crippen LogP contribution in [0.2, 0.25) is 0 Å². The van der Waals surface area contributed by atoms with Crippen LogP contribution in [0.1, 0.15) is 0 Å². The molecule has 1 nitrogen and oxygen atoms in total. The van der Waals surface area contributed by atoms with E-state index in [-0.39, 0.29) is 0 Å². The third kappa shape index (κ3) is 1.89. The highest BCUT2D eigenvalue weighted by atomic mass is 79.9. The van der Waals surface area contributed by atoms with Gasteiger partial charge in [-0.25, -0.2) is 0 Å². The number of phenolic OH excluding ortho intramolecular Hbond substituents is 1. The van der Waals surface area contributed by atoms with Gasteiger partial charge in [0.25, 0.3) is 0 Å².